The molecule has 1 aromatic rings. The lowest BCUT2D eigenvalue weighted by molar-refractivity contribution is -0.122. The monoisotopic (exact) mass is 295 g/mol. The van der Waals surface area contributed by atoms with Crippen LogP contribution in [0.5, 0.6) is 0 Å². The average molecular weight is 296 g/mol. The zero-order valence-electron chi connectivity index (χ0n) is 9.37. The number of aliphatic hydroxyl groups excluding tert-OH is 1. The van der Waals surface area contributed by atoms with Crippen molar-refractivity contribution < 1.29 is 9.90 Å². The first kappa shape index (κ1) is 11.2. The molecule has 0 aromatic heterocycles. The normalized spacial score (nSPS) is 31.4. The summed E-state index contributed by atoms with van der Waals surface area (Å²) in [5.41, 5.74) is 1.61. The van der Waals surface area contributed by atoms with E-state index in [-0.39, 0.29) is 12.0 Å². The van der Waals surface area contributed by atoms with Crippen molar-refractivity contribution in [1.29, 1.82) is 0 Å². The van der Waals surface area contributed by atoms with E-state index in [1.807, 2.05) is 18.2 Å². The van der Waals surface area contributed by atoms with Crippen LogP contribution in [0.4, 0.5) is 5.69 Å². The maximum atomic E-state index is 12.2. The van der Waals surface area contributed by atoms with E-state index in [2.05, 4.69) is 21.2 Å². The Balaban J connectivity index is 2.06. The number of carbonyl (C=O) groups is 1. The smallest absolute Gasteiger partial charge is 0.235 e. The highest BCUT2D eigenvalue weighted by molar-refractivity contribution is 9.10. The van der Waals surface area contributed by atoms with Gasteiger partial charge in [0.05, 0.1) is 11.5 Å². The Labute approximate surface area is 108 Å². The summed E-state index contributed by atoms with van der Waals surface area (Å²) < 4.78 is 0.998. The lowest BCUT2D eigenvalue weighted by atomic mass is 9.69. The molecule has 1 saturated carbocycles. The third kappa shape index (κ3) is 1.62. The van der Waals surface area contributed by atoms with Gasteiger partial charge in [0.15, 0.2) is 0 Å². The Morgan fingerprint density at radius 2 is 2.06 bits per heavy atom. The third-order valence-electron chi connectivity index (χ3n) is 3.99. The molecular formula is C13H14BrNO2. The molecule has 17 heavy (non-hydrogen) atoms. The number of aliphatic hydroxyl groups is 1. The van der Waals surface area contributed by atoms with Gasteiger partial charge in [-0.25, -0.2) is 0 Å². The Morgan fingerprint density at radius 1 is 1.35 bits per heavy atom. The summed E-state index contributed by atoms with van der Waals surface area (Å²) in [5, 5.41) is 12.6. The van der Waals surface area contributed by atoms with Crippen LogP contribution in [0.3, 0.4) is 0 Å². The molecule has 2 aliphatic rings. The number of halogens is 1. The SMILES string of the molecule is O=C1Nc2ccc(Br)cc2C12CCC(O)CC2. The van der Waals surface area contributed by atoms with Crippen molar-refractivity contribution in [3.63, 3.8) is 0 Å². The van der Waals surface area contributed by atoms with E-state index in [9.17, 15) is 9.90 Å². The van der Waals surface area contributed by atoms with Crippen molar-refractivity contribution in [2.45, 2.75) is 37.2 Å². The highest BCUT2D eigenvalue weighted by Crippen LogP contribution is 2.48. The standard InChI is InChI=1S/C13H14BrNO2/c14-8-1-2-11-10(7-8)13(12(17)15-11)5-3-9(16)4-6-13/h1-2,7,9,16H,3-6H2,(H,15,17). The largest absolute Gasteiger partial charge is 0.393 e. The van der Waals surface area contributed by atoms with Crippen LogP contribution >= 0.6 is 15.9 Å². The van der Waals surface area contributed by atoms with Gasteiger partial charge in [-0.05, 0) is 49.4 Å². The highest BCUT2D eigenvalue weighted by atomic mass is 79.9. The summed E-state index contributed by atoms with van der Waals surface area (Å²) in [6.45, 7) is 0. The Hall–Kier alpha value is -0.870. The molecule has 0 atom stereocenters. The van der Waals surface area contributed by atoms with Crippen molar-refractivity contribution in [3.05, 3.63) is 28.2 Å². The minimum atomic E-state index is -0.404. The zero-order chi connectivity index (χ0) is 12.0. The lowest BCUT2D eigenvalue weighted by Gasteiger charge is -2.33. The van der Waals surface area contributed by atoms with Crippen LogP contribution in [0, 0.1) is 0 Å². The van der Waals surface area contributed by atoms with Crippen LogP contribution in [0.2, 0.25) is 0 Å². The van der Waals surface area contributed by atoms with Crippen LogP contribution in [-0.2, 0) is 10.2 Å². The minimum Gasteiger partial charge on any atom is -0.393 e. The molecule has 0 bridgehead atoms. The molecule has 1 amide bonds. The van der Waals surface area contributed by atoms with Gasteiger partial charge in [0.25, 0.3) is 0 Å². The van der Waals surface area contributed by atoms with Gasteiger partial charge in [-0.3, -0.25) is 4.79 Å². The molecule has 0 radical (unpaired) electrons. The number of amides is 1. The van der Waals surface area contributed by atoms with E-state index in [4.69, 9.17) is 0 Å². The second-order valence-electron chi connectivity index (χ2n) is 4.96. The predicted molar refractivity (Wildman–Crippen MR) is 68.9 cm³/mol. The lowest BCUT2D eigenvalue weighted by Crippen LogP contribution is -2.39. The number of anilines is 1. The second-order valence-corrected chi connectivity index (χ2v) is 5.87. The maximum absolute atomic E-state index is 12.2. The summed E-state index contributed by atoms with van der Waals surface area (Å²) in [7, 11) is 0. The van der Waals surface area contributed by atoms with Gasteiger partial charge >= 0.3 is 0 Å². The van der Waals surface area contributed by atoms with Gasteiger partial charge in [0.2, 0.25) is 5.91 Å². The fourth-order valence-electron chi connectivity index (χ4n) is 2.98. The van der Waals surface area contributed by atoms with E-state index in [0.29, 0.717) is 12.8 Å². The number of benzene rings is 1. The van der Waals surface area contributed by atoms with E-state index >= 15 is 0 Å². The first-order valence-electron chi connectivity index (χ1n) is 5.91. The van der Waals surface area contributed by atoms with E-state index in [1.165, 1.54) is 0 Å². The fraction of sp³-hybridized carbons (Fsp3) is 0.462. The topological polar surface area (TPSA) is 49.3 Å². The van der Waals surface area contributed by atoms with E-state index < -0.39 is 5.41 Å². The number of carbonyl (C=O) groups excluding carboxylic acids is 1. The fourth-order valence-corrected chi connectivity index (χ4v) is 3.34. The predicted octanol–water partition coefficient (Wildman–Crippen LogP) is 2.57. The summed E-state index contributed by atoms with van der Waals surface area (Å²) in [6, 6.07) is 5.91. The Bertz CT molecular complexity index is 478. The molecule has 1 heterocycles. The van der Waals surface area contributed by atoms with Crippen LogP contribution in [0.25, 0.3) is 0 Å². The molecule has 1 aliphatic carbocycles. The highest BCUT2D eigenvalue weighted by Gasteiger charge is 2.48. The molecule has 1 aliphatic heterocycles. The summed E-state index contributed by atoms with van der Waals surface area (Å²) in [4.78, 5) is 12.2. The summed E-state index contributed by atoms with van der Waals surface area (Å²) in [5.74, 6) is 0.0949. The number of hydrogen-bond acceptors (Lipinski definition) is 2. The summed E-state index contributed by atoms with van der Waals surface area (Å²) >= 11 is 3.46. The number of rotatable bonds is 0. The molecule has 3 rings (SSSR count). The molecule has 4 heteroatoms. The van der Waals surface area contributed by atoms with Crippen LogP contribution in [-0.4, -0.2) is 17.1 Å². The second kappa shape index (κ2) is 3.82. The molecular weight excluding hydrogens is 282 g/mol. The molecule has 2 N–H and O–H groups in total. The van der Waals surface area contributed by atoms with Crippen molar-refractivity contribution in [2.75, 3.05) is 5.32 Å². The molecule has 1 fully saturated rings. The van der Waals surface area contributed by atoms with Gasteiger partial charge in [-0.1, -0.05) is 15.9 Å². The van der Waals surface area contributed by atoms with E-state index in [0.717, 1.165) is 28.6 Å². The van der Waals surface area contributed by atoms with Crippen molar-refractivity contribution in [1.82, 2.24) is 0 Å². The quantitative estimate of drug-likeness (QED) is 0.773. The molecule has 0 unspecified atom stereocenters. The van der Waals surface area contributed by atoms with Gasteiger partial charge in [-0.2, -0.15) is 0 Å². The average Bonchev–Trinajstić information content (AvgIpc) is 2.57. The minimum absolute atomic E-state index is 0.0949. The first-order chi connectivity index (χ1) is 8.12. The van der Waals surface area contributed by atoms with Crippen molar-refractivity contribution in [3.8, 4) is 0 Å². The molecule has 0 saturated heterocycles. The molecule has 90 valence electrons. The Kier molecular flexibility index (Phi) is 2.52. The van der Waals surface area contributed by atoms with Crippen molar-refractivity contribution >= 4 is 27.5 Å². The van der Waals surface area contributed by atoms with Crippen LogP contribution in [0.1, 0.15) is 31.2 Å². The Morgan fingerprint density at radius 3 is 2.76 bits per heavy atom. The molecule has 1 spiro atoms. The van der Waals surface area contributed by atoms with Crippen LogP contribution < -0.4 is 5.32 Å². The third-order valence-corrected chi connectivity index (χ3v) is 4.48. The number of nitrogens with one attached hydrogen (secondary N) is 1. The first-order valence-corrected chi connectivity index (χ1v) is 6.71. The van der Waals surface area contributed by atoms with Crippen molar-refractivity contribution in [2.24, 2.45) is 0 Å². The maximum Gasteiger partial charge on any atom is 0.235 e. The van der Waals surface area contributed by atoms with Gasteiger partial charge in [0.1, 0.15) is 0 Å². The zero-order valence-corrected chi connectivity index (χ0v) is 11.0. The van der Waals surface area contributed by atoms with Gasteiger partial charge in [-0.15, -0.1) is 0 Å². The molecule has 3 nitrogen and oxygen atoms in total. The number of fused-ring (bicyclic) bond motifs is 2. The molecule has 1 aromatic carbocycles. The number of hydrogen-bond donors (Lipinski definition) is 2. The van der Waals surface area contributed by atoms with Crippen LogP contribution in [0.15, 0.2) is 22.7 Å². The summed E-state index contributed by atoms with van der Waals surface area (Å²) in [6.07, 6.45) is 2.65. The van der Waals surface area contributed by atoms with Gasteiger partial charge < -0.3 is 10.4 Å². The van der Waals surface area contributed by atoms with E-state index in [1.54, 1.807) is 0 Å². The van der Waals surface area contributed by atoms with Gasteiger partial charge in [0, 0.05) is 10.2 Å².